The van der Waals surface area contributed by atoms with Crippen LogP contribution in [0.15, 0.2) is 24.3 Å². The number of rotatable bonds is 3. The molecular formula is C22H28N8O3. The van der Waals surface area contributed by atoms with Crippen LogP contribution in [-0.4, -0.2) is 80.9 Å². The predicted octanol–water partition coefficient (Wildman–Crippen LogP) is 2.10. The number of fused-ring (bicyclic) bond motifs is 1. The Labute approximate surface area is 191 Å². The van der Waals surface area contributed by atoms with Crippen molar-refractivity contribution in [1.29, 1.82) is 0 Å². The third kappa shape index (κ3) is 4.28. The van der Waals surface area contributed by atoms with Crippen LogP contribution in [-0.2, 0) is 9.47 Å². The Balaban J connectivity index is 1.48. The minimum Gasteiger partial charge on any atom is -0.444 e. The number of carbonyl (C=O) groups excluding carboxylic acids is 1. The lowest BCUT2D eigenvalue weighted by molar-refractivity contribution is -0.000148. The lowest BCUT2D eigenvalue weighted by Crippen LogP contribution is -2.52. The maximum absolute atomic E-state index is 12.4. The van der Waals surface area contributed by atoms with Gasteiger partial charge in [-0.2, -0.15) is 0 Å². The van der Waals surface area contributed by atoms with Crippen LogP contribution >= 0.6 is 0 Å². The summed E-state index contributed by atoms with van der Waals surface area (Å²) in [5, 5.41) is 8.82. The molecule has 2 aromatic heterocycles. The molecule has 4 heterocycles. The predicted molar refractivity (Wildman–Crippen MR) is 123 cm³/mol. The Bertz CT molecular complexity index is 1160. The van der Waals surface area contributed by atoms with E-state index in [-0.39, 0.29) is 12.1 Å². The van der Waals surface area contributed by atoms with E-state index in [1.807, 2.05) is 45.0 Å². The molecule has 0 aliphatic carbocycles. The van der Waals surface area contributed by atoms with E-state index >= 15 is 0 Å². The van der Waals surface area contributed by atoms with Crippen LogP contribution in [0.3, 0.4) is 0 Å². The fourth-order valence-corrected chi connectivity index (χ4v) is 3.90. The van der Waals surface area contributed by atoms with Crippen molar-refractivity contribution in [1.82, 2.24) is 29.9 Å². The van der Waals surface area contributed by atoms with Crippen molar-refractivity contribution in [2.24, 2.45) is 0 Å². The number of nitrogens with two attached hydrogens (primary N) is 1. The summed E-state index contributed by atoms with van der Waals surface area (Å²) in [5.41, 5.74) is 8.16. The fourth-order valence-electron chi connectivity index (χ4n) is 3.90. The quantitative estimate of drug-likeness (QED) is 0.595. The van der Waals surface area contributed by atoms with Gasteiger partial charge in [-0.15, -0.1) is 5.10 Å². The van der Waals surface area contributed by atoms with Crippen molar-refractivity contribution >= 4 is 28.8 Å². The van der Waals surface area contributed by atoms with Gasteiger partial charge in [-0.1, -0.05) is 5.21 Å². The molecule has 0 radical (unpaired) electrons. The average molecular weight is 453 g/mol. The molecule has 2 fully saturated rings. The summed E-state index contributed by atoms with van der Waals surface area (Å²) in [5.74, 6) is 1.32. The fraction of sp³-hybridized carbons (Fsp3) is 0.500. The lowest BCUT2D eigenvalue weighted by atomic mass is 10.1. The van der Waals surface area contributed by atoms with Crippen molar-refractivity contribution < 1.29 is 14.3 Å². The van der Waals surface area contributed by atoms with Crippen LogP contribution in [0, 0.1) is 0 Å². The SMILES string of the molecule is CC(C)(C)OC(=O)N1CC(n2nnc3c(N4CCOCC4)nc(-c4ccc(N)cc4)nc32)C1. The molecule has 174 valence electrons. The molecule has 2 aliphatic heterocycles. The first kappa shape index (κ1) is 21.4. The lowest BCUT2D eigenvalue weighted by Gasteiger charge is -2.39. The first-order chi connectivity index (χ1) is 15.8. The molecule has 33 heavy (non-hydrogen) atoms. The van der Waals surface area contributed by atoms with Crippen LogP contribution in [0.25, 0.3) is 22.6 Å². The maximum Gasteiger partial charge on any atom is 0.410 e. The molecule has 11 heteroatoms. The van der Waals surface area contributed by atoms with Gasteiger partial charge < -0.3 is 25.0 Å². The summed E-state index contributed by atoms with van der Waals surface area (Å²) in [7, 11) is 0. The molecule has 0 atom stereocenters. The molecule has 0 saturated carbocycles. The van der Waals surface area contributed by atoms with E-state index in [1.165, 1.54) is 0 Å². The largest absolute Gasteiger partial charge is 0.444 e. The van der Waals surface area contributed by atoms with Gasteiger partial charge in [-0.25, -0.2) is 19.4 Å². The second-order valence-corrected chi connectivity index (χ2v) is 9.34. The molecule has 2 aliphatic rings. The van der Waals surface area contributed by atoms with Gasteiger partial charge in [0.1, 0.15) is 5.60 Å². The van der Waals surface area contributed by atoms with E-state index in [2.05, 4.69) is 15.2 Å². The highest BCUT2D eigenvalue weighted by Crippen LogP contribution is 2.31. The van der Waals surface area contributed by atoms with Crippen LogP contribution < -0.4 is 10.6 Å². The zero-order chi connectivity index (χ0) is 23.2. The number of ether oxygens (including phenoxy) is 2. The Kier molecular flexibility index (Phi) is 5.28. The Morgan fingerprint density at radius 3 is 2.48 bits per heavy atom. The topological polar surface area (TPSA) is 125 Å². The zero-order valence-electron chi connectivity index (χ0n) is 19.1. The first-order valence-electron chi connectivity index (χ1n) is 11.1. The second-order valence-electron chi connectivity index (χ2n) is 9.34. The smallest absolute Gasteiger partial charge is 0.410 e. The van der Waals surface area contributed by atoms with Gasteiger partial charge in [0, 0.05) is 37.4 Å². The van der Waals surface area contributed by atoms with E-state index in [9.17, 15) is 4.79 Å². The summed E-state index contributed by atoms with van der Waals surface area (Å²) in [4.78, 5) is 25.8. The van der Waals surface area contributed by atoms with Crippen LogP contribution in [0.5, 0.6) is 0 Å². The number of nitrogen functional groups attached to an aromatic ring is 1. The van der Waals surface area contributed by atoms with Gasteiger partial charge in [0.05, 0.1) is 19.3 Å². The highest BCUT2D eigenvalue weighted by Gasteiger charge is 2.37. The van der Waals surface area contributed by atoms with Crippen molar-refractivity contribution in [3.8, 4) is 11.4 Å². The normalized spacial score (nSPS) is 17.3. The summed E-state index contributed by atoms with van der Waals surface area (Å²) in [6, 6.07) is 7.44. The molecular weight excluding hydrogens is 424 g/mol. The minimum absolute atomic E-state index is 0.0331. The number of anilines is 2. The maximum atomic E-state index is 12.4. The molecule has 1 aromatic carbocycles. The average Bonchev–Trinajstić information content (AvgIpc) is 3.15. The number of carbonyl (C=O) groups is 1. The summed E-state index contributed by atoms with van der Waals surface area (Å²) >= 11 is 0. The van der Waals surface area contributed by atoms with Crippen molar-refractivity contribution in [3.63, 3.8) is 0 Å². The van der Waals surface area contributed by atoms with Gasteiger partial charge in [0.25, 0.3) is 0 Å². The molecule has 2 saturated heterocycles. The number of nitrogens with zero attached hydrogens (tertiary/aromatic N) is 7. The first-order valence-corrected chi connectivity index (χ1v) is 11.1. The molecule has 0 bridgehead atoms. The Morgan fingerprint density at radius 2 is 1.82 bits per heavy atom. The second kappa shape index (κ2) is 8.14. The number of amides is 1. The summed E-state index contributed by atoms with van der Waals surface area (Å²) in [6.07, 6.45) is -0.325. The van der Waals surface area contributed by atoms with Gasteiger partial charge in [-0.05, 0) is 45.0 Å². The van der Waals surface area contributed by atoms with Crippen molar-refractivity contribution in [2.75, 3.05) is 50.0 Å². The van der Waals surface area contributed by atoms with Crippen LogP contribution in [0.2, 0.25) is 0 Å². The van der Waals surface area contributed by atoms with E-state index in [4.69, 9.17) is 25.2 Å². The molecule has 0 unspecified atom stereocenters. The zero-order valence-corrected chi connectivity index (χ0v) is 19.1. The Morgan fingerprint density at radius 1 is 1.12 bits per heavy atom. The number of morpholine rings is 1. The van der Waals surface area contributed by atoms with E-state index in [0.29, 0.717) is 49.0 Å². The number of aromatic nitrogens is 5. The highest BCUT2D eigenvalue weighted by atomic mass is 16.6. The van der Waals surface area contributed by atoms with Gasteiger partial charge in [-0.3, -0.25) is 0 Å². The van der Waals surface area contributed by atoms with Crippen LogP contribution in [0.4, 0.5) is 16.3 Å². The third-order valence-corrected chi connectivity index (χ3v) is 5.64. The summed E-state index contributed by atoms with van der Waals surface area (Å²) < 4.78 is 12.8. The molecule has 11 nitrogen and oxygen atoms in total. The van der Waals surface area contributed by atoms with Crippen LogP contribution in [0.1, 0.15) is 26.8 Å². The number of benzene rings is 1. The molecule has 1 amide bonds. The monoisotopic (exact) mass is 452 g/mol. The molecule has 2 N–H and O–H groups in total. The highest BCUT2D eigenvalue weighted by molar-refractivity contribution is 5.85. The number of likely N-dealkylation sites (tertiary alicyclic amines) is 1. The summed E-state index contributed by atoms with van der Waals surface area (Å²) in [6.45, 7) is 9.24. The Hall–Kier alpha value is -3.47. The molecule has 3 aromatic rings. The van der Waals surface area contributed by atoms with E-state index in [1.54, 1.807) is 9.58 Å². The van der Waals surface area contributed by atoms with Gasteiger partial charge in [0.2, 0.25) is 0 Å². The minimum atomic E-state index is -0.531. The molecule has 0 spiro atoms. The van der Waals surface area contributed by atoms with Crippen molar-refractivity contribution in [2.45, 2.75) is 32.4 Å². The van der Waals surface area contributed by atoms with E-state index in [0.717, 1.165) is 24.5 Å². The standard InChI is InChI=1S/C22H28N8O3/c1-22(2,3)33-21(31)29-12-16(13-29)30-20-17(26-27-30)19(28-8-10-32-11-9-28)24-18(25-20)14-4-6-15(23)7-5-14/h4-7,16H,8-13,23H2,1-3H3. The molecule has 5 rings (SSSR count). The number of hydrogen-bond acceptors (Lipinski definition) is 9. The van der Waals surface area contributed by atoms with Crippen molar-refractivity contribution in [3.05, 3.63) is 24.3 Å². The van der Waals surface area contributed by atoms with Gasteiger partial charge >= 0.3 is 6.09 Å². The number of hydrogen-bond donors (Lipinski definition) is 1. The van der Waals surface area contributed by atoms with Gasteiger partial charge in [0.15, 0.2) is 22.8 Å². The van der Waals surface area contributed by atoms with E-state index < -0.39 is 5.60 Å². The third-order valence-electron chi connectivity index (χ3n) is 5.64.